The van der Waals surface area contributed by atoms with Gasteiger partial charge in [0.1, 0.15) is 0 Å². The third-order valence-electron chi connectivity index (χ3n) is 3.48. The van der Waals surface area contributed by atoms with E-state index in [-0.39, 0.29) is 4.90 Å². The molecule has 0 atom stereocenters. The maximum absolute atomic E-state index is 12.1. The summed E-state index contributed by atoms with van der Waals surface area (Å²) in [5, 5.41) is 6.04. The lowest BCUT2D eigenvalue weighted by molar-refractivity contribution is 0.252. The van der Waals surface area contributed by atoms with E-state index < -0.39 is 16.1 Å². The Balaban J connectivity index is 1.91. The largest absolute Gasteiger partial charge is 0.338 e. The smallest absolute Gasteiger partial charge is 0.319 e. The van der Waals surface area contributed by atoms with Crippen LogP contribution in [0.25, 0.3) is 0 Å². The van der Waals surface area contributed by atoms with Crippen LogP contribution in [-0.4, -0.2) is 39.4 Å². The number of anilines is 1. The number of nitrogens with zero attached hydrogens (tertiary/aromatic N) is 1. The molecule has 6 nitrogen and oxygen atoms in total. The van der Waals surface area contributed by atoms with Crippen LogP contribution in [0.3, 0.4) is 0 Å². The van der Waals surface area contributed by atoms with Gasteiger partial charge in [0.15, 0.2) is 0 Å². The number of halogens is 1. The molecule has 0 aliphatic rings. The summed E-state index contributed by atoms with van der Waals surface area (Å²) in [5.74, 6) is 0. The molecule has 8 heteroatoms. The van der Waals surface area contributed by atoms with Crippen LogP contribution in [0.15, 0.2) is 53.4 Å². The summed E-state index contributed by atoms with van der Waals surface area (Å²) in [7, 11) is -0.626. The van der Waals surface area contributed by atoms with Crippen LogP contribution >= 0.6 is 11.6 Å². The van der Waals surface area contributed by atoms with Crippen molar-refractivity contribution in [3.63, 3.8) is 0 Å². The van der Waals surface area contributed by atoms with Crippen LogP contribution in [0.5, 0.6) is 0 Å². The van der Waals surface area contributed by atoms with E-state index in [1.807, 2.05) is 12.1 Å². The molecule has 2 rings (SSSR count). The molecule has 0 aliphatic carbocycles. The van der Waals surface area contributed by atoms with Gasteiger partial charge >= 0.3 is 6.03 Å². The standard InChI is InChI=1S/C17H20ClN3O3S/c1-21(2)25(23,24)16-5-3-4-15(12-16)20-17(22)19-11-10-13-6-8-14(18)9-7-13/h3-9,12H,10-11H2,1-2H3,(H2,19,20,22). The SMILES string of the molecule is CN(C)S(=O)(=O)c1cccc(NC(=O)NCCc2ccc(Cl)cc2)c1. The number of carbonyl (C=O) groups excluding carboxylic acids is 1. The molecule has 0 saturated heterocycles. The normalized spacial score (nSPS) is 11.4. The molecule has 0 aliphatic heterocycles. The summed E-state index contributed by atoms with van der Waals surface area (Å²) in [4.78, 5) is 12.1. The molecule has 0 bridgehead atoms. The second kappa shape index (κ2) is 8.33. The molecule has 0 radical (unpaired) electrons. The van der Waals surface area contributed by atoms with Crippen LogP contribution in [-0.2, 0) is 16.4 Å². The molecular formula is C17H20ClN3O3S. The van der Waals surface area contributed by atoms with Gasteiger partial charge in [-0.2, -0.15) is 0 Å². The highest BCUT2D eigenvalue weighted by molar-refractivity contribution is 7.89. The van der Waals surface area contributed by atoms with Crippen molar-refractivity contribution in [1.82, 2.24) is 9.62 Å². The van der Waals surface area contributed by atoms with Crippen molar-refractivity contribution in [1.29, 1.82) is 0 Å². The fourth-order valence-electron chi connectivity index (χ4n) is 2.09. The molecule has 2 aromatic carbocycles. The highest BCUT2D eigenvalue weighted by Crippen LogP contribution is 2.17. The van der Waals surface area contributed by atoms with Crippen molar-refractivity contribution >= 4 is 33.3 Å². The third-order valence-corrected chi connectivity index (χ3v) is 5.55. The maximum Gasteiger partial charge on any atom is 0.319 e. The van der Waals surface area contributed by atoms with Crippen LogP contribution in [0, 0.1) is 0 Å². The Bertz CT molecular complexity index is 836. The van der Waals surface area contributed by atoms with Gasteiger partial charge in [-0.05, 0) is 42.3 Å². The predicted octanol–water partition coefficient (Wildman–Crippen LogP) is 2.95. The third kappa shape index (κ3) is 5.45. The summed E-state index contributed by atoms with van der Waals surface area (Å²) in [6, 6.07) is 13.1. The van der Waals surface area contributed by atoms with E-state index in [4.69, 9.17) is 11.6 Å². The minimum Gasteiger partial charge on any atom is -0.338 e. The van der Waals surface area contributed by atoms with Crippen molar-refractivity contribution in [3.8, 4) is 0 Å². The number of hydrogen-bond donors (Lipinski definition) is 2. The predicted molar refractivity (Wildman–Crippen MR) is 99.5 cm³/mol. The Hall–Kier alpha value is -2.09. The van der Waals surface area contributed by atoms with Crippen molar-refractivity contribution in [2.45, 2.75) is 11.3 Å². The Labute approximate surface area is 152 Å². The van der Waals surface area contributed by atoms with E-state index in [1.165, 1.54) is 26.2 Å². The van der Waals surface area contributed by atoms with Gasteiger partial charge in [0.25, 0.3) is 0 Å². The van der Waals surface area contributed by atoms with Crippen LogP contribution in [0.2, 0.25) is 5.02 Å². The summed E-state index contributed by atoms with van der Waals surface area (Å²) in [6.07, 6.45) is 0.666. The number of benzene rings is 2. The van der Waals surface area contributed by atoms with Crippen LogP contribution in [0.4, 0.5) is 10.5 Å². The van der Waals surface area contributed by atoms with Crippen molar-refractivity contribution in [2.24, 2.45) is 0 Å². The highest BCUT2D eigenvalue weighted by atomic mass is 35.5. The van der Waals surface area contributed by atoms with Gasteiger partial charge in [-0.3, -0.25) is 0 Å². The molecule has 25 heavy (non-hydrogen) atoms. The molecule has 2 N–H and O–H groups in total. The van der Waals surface area contributed by atoms with Crippen molar-refractivity contribution in [2.75, 3.05) is 26.0 Å². The lowest BCUT2D eigenvalue weighted by Gasteiger charge is -2.13. The number of hydrogen-bond acceptors (Lipinski definition) is 3. The summed E-state index contributed by atoms with van der Waals surface area (Å²) in [5.41, 5.74) is 1.47. The minimum absolute atomic E-state index is 0.122. The van der Waals surface area contributed by atoms with Gasteiger partial charge in [-0.15, -0.1) is 0 Å². The Morgan fingerprint density at radius 3 is 2.44 bits per heavy atom. The number of carbonyl (C=O) groups is 1. The molecule has 0 spiro atoms. The summed E-state index contributed by atoms with van der Waals surface area (Å²) in [6.45, 7) is 0.448. The maximum atomic E-state index is 12.1. The summed E-state index contributed by atoms with van der Waals surface area (Å²) >= 11 is 5.83. The summed E-state index contributed by atoms with van der Waals surface area (Å²) < 4.78 is 25.3. The highest BCUT2D eigenvalue weighted by Gasteiger charge is 2.17. The van der Waals surface area contributed by atoms with E-state index >= 15 is 0 Å². The zero-order chi connectivity index (χ0) is 18.4. The van der Waals surface area contributed by atoms with Crippen molar-refractivity contribution < 1.29 is 13.2 Å². The van der Waals surface area contributed by atoms with Gasteiger partial charge in [-0.1, -0.05) is 29.8 Å². The molecule has 0 unspecified atom stereocenters. The van der Waals surface area contributed by atoms with E-state index in [0.717, 1.165) is 9.87 Å². The Morgan fingerprint density at radius 2 is 1.80 bits per heavy atom. The fraction of sp³-hybridized carbons (Fsp3) is 0.235. The first-order valence-electron chi connectivity index (χ1n) is 7.61. The number of urea groups is 1. The number of amides is 2. The first-order chi connectivity index (χ1) is 11.8. The molecule has 0 fully saturated rings. The van der Waals surface area contributed by atoms with E-state index in [2.05, 4.69) is 10.6 Å². The molecule has 2 amide bonds. The second-order valence-corrected chi connectivity index (χ2v) is 8.16. The first-order valence-corrected chi connectivity index (χ1v) is 9.43. The van der Waals surface area contributed by atoms with E-state index in [1.54, 1.807) is 24.3 Å². The second-order valence-electron chi connectivity index (χ2n) is 5.57. The van der Waals surface area contributed by atoms with Crippen LogP contribution < -0.4 is 10.6 Å². The monoisotopic (exact) mass is 381 g/mol. The van der Waals surface area contributed by atoms with E-state index in [0.29, 0.717) is 23.7 Å². The van der Waals surface area contributed by atoms with Crippen molar-refractivity contribution in [3.05, 3.63) is 59.1 Å². The Kier molecular flexibility index (Phi) is 6.41. The topological polar surface area (TPSA) is 78.5 Å². The molecule has 0 heterocycles. The number of rotatable bonds is 6. The van der Waals surface area contributed by atoms with E-state index in [9.17, 15) is 13.2 Å². The lowest BCUT2D eigenvalue weighted by atomic mass is 10.1. The van der Waals surface area contributed by atoms with Gasteiger partial charge in [0, 0.05) is 31.4 Å². The molecule has 0 aromatic heterocycles. The molecule has 0 saturated carbocycles. The van der Waals surface area contributed by atoms with Gasteiger partial charge in [0.2, 0.25) is 10.0 Å². The molecule has 134 valence electrons. The first kappa shape index (κ1) is 19.2. The quantitative estimate of drug-likeness (QED) is 0.807. The van der Waals surface area contributed by atoms with Crippen LogP contribution in [0.1, 0.15) is 5.56 Å². The lowest BCUT2D eigenvalue weighted by Crippen LogP contribution is -2.30. The molecule has 2 aromatic rings. The zero-order valence-corrected chi connectivity index (χ0v) is 15.6. The fourth-order valence-corrected chi connectivity index (χ4v) is 3.17. The Morgan fingerprint density at radius 1 is 1.12 bits per heavy atom. The average molecular weight is 382 g/mol. The average Bonchev–Trinajstić information content (AvgIpc) is 2.56. The molecular weight excluding hydrogens is 362 g/mol. The van der Waals surface area contributed by atoms with Gasteiger partial charge in [0.05, 0.1) is 4.90 Å². The van der Waals surface area contributed by atoms with Gasteiger partial charge < -0.3 is 10.6 Å². The number of nitrogens with one attached hydrogen (secondary N) is 2. The minimum atomic E-state index is -3.54. The number of sulfonamides is 1. The zero-order valence-electron chi connectivity index (χ0n) is 14.0. The van der Waals surface area contributed by atoms with Gasteiger partial charge in [-0.25, -0.2) is 17.5 Å².